The molecule has 1 unspecified atom stereocenters. The van der Waals surface area contributed by atoms with Crippen LogP contribution in [0.4, 0.5) is 5.69 Å². The van der Waals surface area contributed by atoms with Crippen molar-refractivity contribution < 1.29 is 4.79 Å². The van der Waals surface area contributed by atoms with Crippen molar-refractivity contribution in [3.63, 3.8) is 0 Å². The lowest BCUT2D eigenvalue weighted by molar-refractivity contribution is -0.116. The monoisotopic (exact) mass is 301 g/mol. The third-order valence-corrected chi connectivity index (χ3v) is 4.23. The highest BCUT2D eigenvalue weighted by Crippen LogP contribution is 2.26. The van der Waals surface area contributed by atoms with Crippen molar-refractivity contribution in [3.8, 4) is 0 Å². The van der Waals surface area contributed by atoms with Crippen molar-refractivity contribution in [2.24, 2.45) is 5.92 Å². The highest BCUT2D eigenvalue weighted by Gasteiger charge is 2.18. The molecule has 2 nitrogen and oxygen atoms in total. The van der Waals surface area contributed by atoms with Gasteiger partial charge in [-0.3, -0.25) is 4.79 Å². The van der Waals surface area contributed by atoms with Gasteiger partial charge in [-0.25, -0.2) is 0 Å². The molecule has 1 aromatic carbocycles. The number of nitrogens with one attached hydrogen (secondary N) is 1. The van der Waals surface area contributed by atoms with Crippen LogP contribution in [0.25, 0.3) is 0 Å². The van der Waals surface area contributed by atoms with E-state index in [1.54, 1.807) is 0 Å². The Morgan fingerprint density at radius 2 is 2.06 bits per heavy atom. The van der Waals surface area contributed by atoms with E-state index in [2.05, 4.69) is 33.9 Å². The molecule has 0 aliphatic rings. The Morgan fingerprint density at radius 3 is 2.62 bits per heavy atom. The predicted molar refractivity (Wildman–Crippen MR) is 75.1 cm³/mol. The van der Waals surface area contributed by atoms with Gasteiger partial charge in [0.15, 0.2) is 0 Å². The minimum atomic E-state index is -0.285. The zero-order valence-corrected chi connectivity index (χ0v) is 12.1. The van der Waals surface area contributed by atoms with Crippen LogP contribution in [0.3, 0.4) is 0 Å². The molecule has 16 heavy (non-hydrogen) atoms. The van der Waals surface area contributed by atoms with Gasteiger partial charge in [0.25, 0.3) is 0 Å². The maximum Gasteiger partial charge on any atom is 0.237 e. The second-order valence-electron chi connectivity index (χ2n) is 4.11. The van der Waals surface area contributed by atoms with Gasteiger partial charge in [-0.05, 0) is 40.4 Å². The van der Waals surface area contributed by atoms with Gasteiger partial charge >= 0.3 is 0 Å². The quantitative estimate of drug-likeness (QED) is 0.820. The molecule has 0 fully saturated rings. The maximum atomic E-state index is 11.8. The van der Waals surface area contributed by atoms with Gasteiger partial charge in [0.2, 0.25) is 5.91 Å². The van der Waals surface area contributed by atoms with E-state index in [9.17, 15) is 4.79 Å². The number of carbonyl (C=O) groups excluding carboxylic acids is 1. The number of aryl methyl sites for hydroxylation is 1. The molecule has 0 radical (unpaired) electrons. The Kier molecular flexibility index (Phi) is 4.87. The highest BCUT2D eigenvalue weighted by molar-refractivity contribution is 9.10. The second kappa shape index (κ2) is 5.73. The molecule has 0 saturated carbocycles. The van der Waals surface area contributed by atoms with E-state index >= 15 is 0 Å². The molecule has 0 saturated heterocycles. The molecule has 0 heterocycles. The first-order valence-electron chi connectivity index (χ1n) is 5.17. The number of anilines is 1. The topological polar surface area (TPSA) is 29.1 Å². The molecule has 0 aliphatic carbocycles. The number of rotatable bonds is 3. The van der Waals surface area contributed by atoms with Crippen LogP contribution in [0.5, 0.6) is 0 Å². The molecule has 1 amide bonds. The van der Waals surface area contributed by atoms with E-state index in [1.807, 2.05) is 39.0 Å². The molecule has 1 atom stereocenters. The summed E-state index contributed by atoms with van der Waals surface area (Å²) in [6.07, 6.45) is 0. The lowest BCUT2D eigenvalue weighted by Crippen LogP contribution is -2.27. The first kappa shape index (κ1) is 13.6. The van der Waals surface area contributed by atoms with Gasteiger partial charge in [0.05, 0.1) is 10.9 Å². The lowest BCUT2D eigenvalue weighted by atomic mass is 10.1. The van der Waals surface area contributed by atoms with Gasteiger partial charge in [-0.1, -0.05) is 26.0 Å². The molecule has 0 aliphatic heterocycles. The molecule has 0 bridgehead atoms. The molecule has 0 spiro atoms. The van der Waals surface area contributed by atoms with Crippen LogP contribution >= 0.6 is 28.6 Å². The van der Waals surface area contributed by atoms with Crippen molar-refractivity contribution in [3.05, 3.63) is 28.2 Å². The first-order chi connectivity index (χ1) is 7.43. The smallest absolute Gasteiger partial charge is 0.237 e. The summed E-state index contributed by atoms with van der Waals surface area (Å²) in [4.78, 5) is 11.8. The van der Waals surface area contributed by atoms with E-state index in [0.717, 1.165) is 15.7 Å². The second-order valence-corrected chi connectivity index (χ2v) is 5.46. The molecule has 4 heteroatoms. The number of amides is 1. The van der Waals surface area contributed by atoms with Gasteiger partial charge in [-0.2, -0.15) is 12.6 Å². The Morgan fingerprint density at radius 1 is 1.44 bits per heavy atom. The number of benzene rings is 1. The van der Waals surface area contributed by atoms with E-state index in [0.29, 0.717) is 0 Å². The number of carbonyl (C=O) groups is 1. The fraction of sp³-hybridized carbons (Fsp3) is 0.417. The van der Waals surface area contributed by atoms with Gasteiger partial charge in [0, 0.05) is 4.47 Å². The minimum absolute atomic E-state index is 0.0652. The number of hydrogen-bond donors (Lipinski definition) is 2. The molecule has 1 aromatic rings. The summed E-state index contributed by atoms with van der Waals surface area (Å²) < 4.78 is 0.924. The van der Waals surface area contributed by atoms with E-state index in [1.165, 1.54) is 0 Å². The van der Waals surface area contributed by atoms with Crippen molar-refractivity contribution in [1.29, 1.82) is 0 Å². The van der Waals surface area contributed by atoms with E-state index in [4.69, 9.17) is 0 Å². The summed E-state index contributed by atoms with van der Waals surface area (Å²) in [5, 5.41) is 2.59. The van der Waals surface area contributed by atoms with Crippen molar-refractivity contribution in [2.75, 3.05) is 5.32 Å². The number of thiol groups is 1. The zero-order valence-electron chi connectivity index (χ0n) is 9.62. The molecule has 88 valence electrons. The van der Waals surface area contributed by atoms with Crippen LogP contribution in [0, 0.1) is 12.8 Å². The van der Waals surface area contributed by atoms with Crippen LogP contribution in [0.1, 0.15) is 19.4 Å². The molecule has 1 rings (SSSR count). The fourth-order valence-corrected chi connectivity index (χ4v) is 1.68. The molecular weight excluding hydrogens is 286 g/mol. The van der Waals surface area contributed by atoms with Crippen LogP contribution in [0.15, 0.2) is 22.7 Å². The summed E-state index contributed by atoms with van der Waals surface area (Å²) >= 11 is 7.74. The average Bonchev–Trinajstić information content (AvgIpc) is 2.23. The average molecular weight is 302 g/mol. The summed E-state index contributed by atoms with van der Waals surface area (Å²) in [7, 11) is 0. The van der Waals surface area contributed by atoms with Gasteiger partial charge in [-0.15, -0.1) is 0 Å². The SMILES string of the molecule is Cc1cccc(NC(=O)C(S)C(C)C)c1Br. The van der Waals surface area contributed by atoms with Crippen LogP contribution in [-0.4, -0.2) is 11.2 Å². The van der Waals surface area contributed by atoms with E-state index < -0.39 is 0 Å². The van der Waals surface area contributed by atoms with Gasteiger partial charge in [0.1, 0.15) is 0 Å². The standard InChI is InChI=1S/C12H16BrNOS/c1-7(2)11(16)12(15)14-9-6-4-5-8(3)10(9)13/h4-7,11,16H,1-3H3,(H,14,15). The number of halogens is 1. The van der Waals surface area contributed by atoms with Crippen LogP contribution in [-0.2, 0) is 4.79 Å². The number of hydrogen-bond acceptors (Lipinski definition) is 2. The summed E-state index contributed by atoms with van der Waals surface area (Å²) in [6.45, 7) is 5.94. The predicted octanol–water partition coefficient (Wildman–Crippen LogP) is 3.65. The van der Waals surface area contributed by atoms with Gasteiger partial charge < -0.3 is 5.32 Å². The van der Waals surface area contributed by atoms with Crippen LogP contribution < -0.4 is 5.32 Å². The molecular formula is C12H16BrNOS. The molecule has 1 N–H and O–H groups in total. The Bertz CT molecular complexity index is 393. The summed E-state index contributed by atoms with van der Waals surface area (Å²) in [6, 6.07) is 5.77. The summed E-state index contributed by atoms with van der Waals surface area (Å²) in [5.74, 6) is 0.150. The third-order valence-electron chi connectivity index (χ3n) is 2.35. The minimum Gasteiger partial charge on any atom is -0.324 e. The van der Waals surface area contributed by atoms with Crippen LogP contribution in [0.2, 0.25) is 0 Å². The summed E-state index contributed by atoms with van der Waals surface area (Å²) in [5.41, 5.74) is 1.89. The van der Waals surface area contributed by atoms with Crippen molar-refractivity contribution in [2.45, 2.75) is 26.0 Å². The Hall–Kier alpha value is -0.480. The lowest BCUT2D eigenvalue weighted by Gasteiger charge is -2.15. The Balaban J connectivity index is 2.81. The largest absolute Gasteiger partial charge is 0.324 e. The third kappa shape index (κ3) is 3.25. The fourth-order valence-electron chi connectivity index (χ4n) is 1.25. The Labute approximate surface area is 110 Å². The van der Waals surface area contributed by atoms with Crippen molar-refractivity contribution in [1.82, 2.24) is 0 Å². The maximum absolute atomic E-state index is 11.8. The normalized spacial score (nSPS) is 12.6. The molecule has 0 aromatic heterocycles. The van der Waals surface area contributed by atoms with E-state index in [-0.39, 0.29) is 17.1 Å². The van der Waals surface area contributed by atoms with Crippen molar-refractivity contribution >= 4 is 40.2 Å². The highest BCUT2D eigenvalue weighted by atomic mass is 79.9. The first-order valence-corrected chi connectivity index (χ1v) is 6.48. The zero-order chi connectivity index (χ0) is 12.3.